The first-order chi connectivity index (χ1) is 6.14. The molecule has 0 bridgehead atoms. The maximum Gasteiger partial charge on any atom is 0.248 e. The molecule has 1 fully saturated rings. The Hall–Kier alpha value is -0.180. The third-order valence-corrected chi connectivity index (χ3v) is 2.70. The fraction of sp³-hybridized carbons (Fsp3) is 1.00. The zero-order valence-electron chi connectivity index (χ0n) is 8.28. The molecule has 1 N–H and O–H groups in total. The summed E-state index contributed by atoms with van der Waals surface area (Å²) in [5.41, 5.74) is 0. The highest BCUT2D eigenvalue weighted by Crippen LogP contribution is 2.35. The van der Waals surface area contributed by atoms with Gasteiger partial charge in [0.1, 0.15) is 0 Å². The fourth-order valence-corrected chi connectivity index (χ4v) is 1.79. The van der Waals surface area contributed by atoms with Crippen molar-refractivity contribution in [2.75, 3.05) is 13.1 Å². The number of hydrogen-bond donors (Lipinski definition) is 1. The molecule has 0 unspecified atom stereocenters. The van der Waals surface area contributed by atoms with Gasteiger partial charge < -0.3 is 5.32 Å². The molecular formula is C10H19F2N. The van der Waals surface area contributed by atoms with Crippen molar-refractivity contribution in [3.63, 3.8) is 0 Å². The monoisotopic (exact) mass is 191 g/mol. The van der Waals surface area contributed by atoms with Crippen LogP contribution in [-0.2, 0) is 0 Å². The molecular weight excluding hydrogens is 172 g/mol. The largest absolute Gasteiger partial charge is 0.316 e. The normalized spacial score (nSPS) is 23.3. The van der Waals surface area contributed by atoms with Crippen molar-refractivity contribution in [1.29, 1.82) is 0 Å². The number of rotatable bonds is 4. The van der Waals surface area contributed by atoms with Crippen molar-refractivity contribution in [3.05, 3.63) is 0 Å². The molecule has 78 valence electrons. The molecule has 0 aromatic heterocycles. The van der Waals surface area contributed by atoms with E-state index < -0.39 is 5.92 Å². The van der Waals surface area contributed by atoms with Crippen molar-refractivity contribution in [2.45, 2.75) is 45.0 Å². The summed E-state index contributed by atoms with van der Waals surface area (Å²) in [4.78, 5) is 0. The molecule has 0 atom stereocenters. The lowest BCUT2D eigenvalue weighted by molar-refractivity contribution is -0.0454. The molecule has 0 saturated heterocycles. The highest BCUT2D eigenvalue weighted by atomic mass is 19.3. The summed E-state index contributed by atoms with van der Waals surface area (Å²) in [7, 11) is 0. The van der Waals surface area contributed by atoms with Crippen LogP contribution in [0.15, 0.2) is 0 Å². The van der Waals surface area contributed by atoms with Crippen molar-refractivity contribution < 1.29 is 8.78 Å². The second-order valence-corrected chi connectivity index (χ2v) is 4.00. The van der Waals surface area contributed by atoms with E-state index in [4.69, 9.17) is 0 Å². The van der Waals surface area contributed by atoms with Crippen LogP contribution in [0, 0.1) is 5.92 Å². The lowest BCUT2D eigenvalue weighted by Gasteiger charge is -2.28. The van der Waals surface area contributed by atoms with Crippen LogP contribution in [0.5, 0.6) is 0 Å². The van der Waals surface area contributed by atoms with Crippen LogP contribution in [0.25, 0.3) is 0 Å². The average molecular weight is 191 g/mol. The highest BCUT2D eigenvalue weighted by Gasteiger charge is 2.34. The van der Waals surface area contributed by atoms with E-state index >= 15 is 0 Å². The van der Waals surface area contributed by atoms with Gasteiger partial charge in [0, 0.05) is 12.8 Å². The Balaban J connectivity index is 2.11. The van der Waals surface area contributed by atoms with Gasteiger partial charge in [-0.15, -0.1) is 0 Å². The number of nitrogens with one attached hydrogen (secondary N) is 1. The molecule has 0 aliphatic heterocycles. The smallest absolute Gasteiger partial charge is 0.248 e. The molecule has 0 amide bonds. The Labute approximate surface area is 78.9 Å². The molecule has 0 aromatic rings. The minimum Gasteiger partial charge on any atom is -0.316 e. The van der Waals surface area contributed by atoms with Crippen LogP contribution < -0.4 is 5.32 Å². The topological polar surface area (TPSA) is 12.0 Å². The van der Waals surface area contributed by atoms with Gasteiger partial charge in [0.25, 0.3) is 0 Å². The highest BCUT2D eigenvalue weighted by molar-refractivity contribution is 4.78. The molecule has 1 rings (SSSR count). The van der Waals surface area contributed by atoms with E-state index in [2.05, 4.69) is 12.2 Å². The SMILES string of the molecule is CCCNCC1CCC(F)(F)CC1. The summed E-state index contributed by atoms with van der Waals surface area (Å²) in [5.74, 6) is -1.90. The summed E-state index contributed by atoms with van der Waals surface area (Å²) in [6, 6.07) is 0. The molecule has 0 spiro atoms. The van der Waals surface area contributed by atoms with Crippen molar-refractivity contribution in [2.24, 2.45) is 5.92 Å². The van der Waals surface area contributed by atoms with E-state index in [9.17, 15) is 8.78 Å². The van der Waals surface area contributed by atoms with Crippen LogP contribution in [0.3, 0.4) is 0 Å². The molecule has 13 heavy (non-hydrogen) atoms. The van der Waals surface area contributed by atoms with Gasteiger partial charge in [-0.25, -0.2) is 8.78 Å². The van der Waals surface area contributed by atoms with E-state index in [1.54, 1.807) is 0 Å². The van der Waals surface area contributed by atoms with Crippen LogP contribution in [0.1, 0.15) is 39.0 Å². The predicted octanol–water partition coefficient (Wildman–Crippen LogP) is 2.81. The van der Waals surface area contributed by atoms with E-state index in [1.165, 1.54) is 0 Å². The summed E-state index contributed by atoms with van der Waals surface area (Å²) in [6.07, 6.45) is 2.66. The Morgan fingerprint density at radius 1 is 1.31 bits per heavy atom. The van der Waals surface area contributed by atoms with Gasteiger partial charge >= 0.3 is 0 Å². The van der Waals surface area contributed by atoms with Crippen molar-refractivity contribution >= 4 is 0 Å². The maximum absolute atomic E-state index is 12.7. The third kappa shape index (κ3) is 4.03. The molecule has 3 heteroatoms. The molecule has 1 saturated carbocycles. The number of alkyl halides is 2. The Morgan fingerprint density at radius 3 is 2.46 bits per heavy atom. The van der Waals surface area contributed by atoms with Gasteiger partial charge in [-0.1, -0.05) is 6.92 Å². The maximum atomic E-state index is 12.7. The predicted molar refractivity (Wildman–Crippen MR) is 50.1 cm³/mol. The summed E-state index contributed by atoms with van der Waals surface area (Å²) in [5, 5.41) is 3.29. The zero-order valence-corrected chi connectivity index (χ0v) is 8.28. The standard InChI is InChI=1S/C10H19F2N/c1-2-7-13-8-9-3-5-10(11,12)6-4-9/h9,13H,2-8H2,1H3. The van der Waals surface area contributed by atoms with E-state index in [1.807, 2.05) is 0 Å². The summed E-state index contributed by atoms with van der Waals surface area (Å²) < 4.78 is 25.5. The van der Waals surface area contributed by atoms with Gasteiger partial charge in [0.05, 0.1) is 0 Å². The van der Waals surface area contributed by atoms with Crippen LogP contribution in [-0.4, -0.2) is 19.0 Å². The zero-order chi connectivity index (χ0) is 9.73. The fourth-order valence-electron chi connectivity index (χ4n) is 1.79. The minimum atomic E-state index is -2.37. The number of halogens is 2. The lowest BCUT2D eigenvalue weighted by atomic mass is 9.87. The molecule has 0 radical (unpaired) electrons. The second-order valence-electron chi connectivity index (χ2n) is 4.00. The van der Waals surface area contributed by atoms with Crippen LogP contribution >= 0.6 is 0 Å². The van der Waals surface area contributed by atoms with Gasteiger partial charge in [-0.05, 0) is 38.3 Å². The third-order valence-electron chi connectivity index (χ3n) is 2.70. The van der Waals surface area contributed by atoms with Gasteiger partial charge in [0.2, 0.25) is 5.92 Å². The summed E-state index contributed by atoms with van der Waals surface area (Å²) in [6.45, 7) is 4.04. The molecule has 1 nitrogen and oxygen atoms in total. The van der Waals surface area contributed by atoms with Gasteiger partial charge in [0.15, 0.2) is 0 Å². The lowest BCUT2D eigenvalue weighted by Crippen LogP contribution is -2.31. The van der Waals surface area contributed by atoms with E-state index in [0.29, 0.717) is 18.8 Å². The first-order valence-electron chi connectivity index (χ1n) is 5.22. The minimum absolute atomic E-state index is 0.0888. The van der Waals surface area contributed by atoms with Crippen molar-refractivity contribution in [3.8, 4) is 0 Å². The number of hydrogen-bond acceptors (Lipinski definition) is 1. The van der Waals surface area contributed by atoms with E-state index in [-0.39, 0.29) is 12.8 Å². The Morgan fingerprint density at radius 2 is 1.92 bits per heavy atom. The van der Waals surface area contributed by atoms with Gasteiger partial charge in [-0.3, -0.25) is 0 Å². The van der Waals surface area contributed by atoms with Crippen LogP contribution in [0.2, 0.25) is 0 Å². The van der Waals surface area contributed by atoms with E-state index in [0.717, 1.165) is 19.5 Å². The quantitative estimate of drug-likeness (QED) is 0.674. The summed E-state index contributed by atoms with van der Waals surface area (Å²) >= 11 is 0. The molecule has 0 heterocycles. The molecule has 1 aliphatic carbocycles. The Kier molecular flexibility index (Phi) is 4.10. The Bertz CT molecular complexity index is 138. The van der Waals surface area contributed by atoms with Gasteiger partial charge in [-0.2, -0.15) is 0 Å². The molecule has 0 aromatic carbocycles. The average Bonchev–Trinajstić information content (AvgIpc) is 2.08. The first kappa shape index (κ1) is 10.9. The first-order valence-corrected chi connectivity index (χ1v) is 5.22. The molecule has 1 aliphatic rings. The van der Waals surface area contributed by atoms with Crippen molar-refractivity contribution in [1.82, 2.24) is 5.32 Å². The second kappa shape index (κ2) is 4.89. The van der Waals surface area contributed by atoms with Crippen LogP contribution in [0.4, 0.5) is 8.78 Å².